The molecule has 126 valence electrons. The monoisotopic (exact) mass is 321 g/mol. The quantitative estimate of drug-likeness (QED) is 0.626. The van der Waals surface area contributed by atoms with Gasteiger partial charge in [0.05, 0.1) is 18.4 Å². The van der Waals surface area contributed by atoms with Gasteiger partial charge in [-0.15, -0.1) is 0 Å². The lowest BCUT2D eigenvalue weighted by atomic mass is 9.81. The fraction of sp³-hybridized carbons (Fsp3) is 0.706. The van der Waals surface area contributed by atoms with Crippen molar-refractivity contribution in [2.45, 2.75) is 38.6 Å². The van der Waals surface area contributed by atoms with Crippen LogP contribution in [0, 0.1) is 23.7 Å². The van der Waals surface area contributed by atoms with Crippen molar-refractivity contribution < 1.29 is 24.2 Å². The van der Waals surface area contributed by atoms with Gasteiger partial charge in [0, 0.05) is 6.54 Å². The van der Waals surface area contributed by atoms with E-state index in [1.165, 1.54) is 0 Å². The van der Waals surface area contributed by atoms with Gasteiger partial charge in [0.1, 0.15) is 6.04 Å². The van der Waals surface area contributed by atoms with Crippen LogP contribution >= 0.6 is 0 Å². The first-order chi connectivity index (χ1) is 11.0. The number of carbonyl (C=O) groups is 3. The molecule has 0 spiro atoms. The second-order valence-electron chi connectivity index (χ2n) is 6.63. The van der Waals surface area contributed by atoms with Gasteiger partial charge in [0.15, 0.2) is 0 Å². The summed E-state index contributed by atoms with van der Waals surface area (Å²) in [4.78, 5) is 38.4. The molecular formula is C17H23NO5. The molecule has 2 bridgehead atoms. The average Bonchev–Trinajstić information content (AvgIpc) is 3.15. The maximum Gasteiger partial charge on any atom is 0.328 e. The van der Waals surface area contributed by atoms with Gasteiger partial charge in [0.2, 0.25) is 5.91 Å². The minimum atomic E-state index is -0.912. The number of rotatable bonds is 4. The molecule has 1 amide bonds. The number of amides is 1. The summed E-state index contributed by atoms with van der Waals surface area (Å²) in [5.41, 5.74) is 0. The van der Waals surface area contributed by atoms with Crippen molar-refractivity contribution in [1.82, 2.24) is 4.90 Å². The Morgan fingerprint density at radius 1 is 1.17 bits per heavy atom. The van der Waals surface area contributed by atoms with Crippen LogP contribution in [0.5, 0.6) is 0 Å². The zero-order valence-electron chi connectivity index (χ0n) is 13.3. The summed E-state index contributed by atoms with van der Waals surface area (Å²) >= 11 is 0. The van der Waals surface area contributed by atoms with E-state index in [9.17, 15) is 19.5 Å². The summed E-state index contributed by atoms with van der Waals surface area (Å²) < 4.78 is 5.10. The van der Waals surface area contributed by atoms with Crippen molar-refractivity contribution in [2.75, 3.05) is 13.2 Å². The molecule has 0 aromatic rings. The Kier molecular flexibility index (Phi) is 4.41. The number of carboxylic acids is 1. The number of likely N-dealkylation sites (tertiary alicyclic amines) is 1. The molecule has 5 atom stereocenters. The van der Waals surface area contributed by atoms with Gasteiger partial charge in [-0.05, 0) is 44.4 Å². The molecule has 1 saturated heterocycles. The summed E-state index contributed by atoms with van der Waals surface area (Å²) in [6.45, 7) is 2.53. The molecule has 1 N–H and O–H groups in total. The summed E-state index contributed by atoms with van der Waals surface area (Å²) in [5.74, 6) is -2.75. The summed E-state index contributed by atoms with van der Waals surface area (Å²) in [5, 5.41) is 9.52. The van der Waals surface area contributed by atoms with Gasteiger partial charge in [-0.3, -0.25) is 9.59 Å². The second-order valence-corrected chi connectivity index (χ2v) is 6.63. The van der Waals surface area contributed by atoms with Crippen LogP contribution in [0.4, 0.5) is 0 Å². The van der Waals surface area contributed by atoms with Gasteiger partial charge in [-0.25, -0.2) is 4.79 Å². The van der Waals surface area contributed by atoms with Gasteiger partial charge < -0.3 is 14.7 Å². The fourth-order valence-corrected chi connectivity index (χ4v) is 4.37. The Hall–Kier alpha value is -1.85. The van der Waals surface area contributed by atoms with E-state index >= 15 is 0 Å². The van der Waals surface area contributed by atoms with Crippen LogP contribution in [-0.2, 0) is 19.1 Å². The normalized spacial score (nSPS) is 35.3. The van der Waals surface area contributed by atoms with Crippen LogP contribution in [0.15, 0.2) is 12.2 Å². The van der Waals surface area contributed by atoms with Crippen molar-refractivity contribution in [3.05, 3.63) is 12.2 Å². The van der Waals surface area contributed by atoms with Crippen LogP contribution in [-0.4, -0.2) is 47.0 Å². The van der Waals surface area contributed by atoms with Crippen LogP contribution in [0.3, 0.4) is 0 Å². The number of esters is 1. The number of hydrogen-bond acceptors (Lipinski definition) is 4. The first-order valence-electron chi connectivity index (χ1n) is 8.42. The highest BCUT2D eigenvalue weighted by Crippen LogP contribution is 2.49. The van der Waals surface area contributed by atoms with Gasteiger partial charge in [-0.1, -0.05) is 12.2 Å². The molecule has 0 radical (unpaired) electrons. The standard InChI is InChI=1S/C17H23NO5/c1-2-23-17(22)12-5-3-4-8-18(12)15(19)13-10-6-7-11(9-10)14(13)16(20)21/h6-7,10-14H,2-5,8-9H2,1H3,(H,20,21). The number of carboxylic acid groups (broad SMARTS) is 1. The highest BCUT2D eigenvalue weighted by Gasteiger charge is 2.53. The van der Waals surface area contributed by atoms with Gasteiger partial charge in [0.25, 0.3) is 0 Å². The van der Waals surface area contributed by atoms with E-state index in [2.05, 4.69) is 0 Å². The molecule has 1 heterocycles. The van der Waals surface area contributed by atoms with E-state index in [0.717, 1.165) is 19.3 Å². The van der Waals surface area contributed by atoms with Gasteiger partial charge >= 0.3 is 11.9 Å². The van der Waals surface area contributed by atoms with Crippen LogP contribution in [0.2, 0.25) is 0 Å². The molecule has 1 saturated carbocycles. The molecule has 1 aliphatic heterocycles. The number of allylic oxidation sites excluding steroid dienone is 2. The Morgan fingerprint density at radius 3 is 2.52 bits per heavy atom. The Balaban J connectivity index is 1.81. The molecular weight excluding hydrogens is 298 g/mol. The maximum atomic E-state index is 13.0. The molecule has 23 heavy (non-hydrogen) atoms. The van der Waals surface area contributed by atoms with Crippen molar-refractivity contribution >= 4 is 17.8 Å². The first-order valence-corrected chi connectivity index (χ1v) is 8.42. The predicted octanol–water partition coefficient (Wildman–Crippen LogP) is 1.45. The van der Waals surface area contributed by atoms with Crippen molar-refractivity contribution in [3.63, 3.8) is 0 Å². The van der Waals surface area contributed by atoms with E-state index in [0.29, 0.717) is 13.0 Å². The molecule has 0 aromatic carbocycles. The predicted molar refractivity (Wildman–Crippen MR) is 81.3 cm³/mol. The lowest BCUT2D eigenvalue weighted by molar-refractivity contribution is -0.161. The van der Waals surface area contributed by atoms with Crippen molar-refractivity contribution in [2.24, 2.45) is 23.7 Å². The van der Waals surface area contributed by atoms with E-state index < -0.39 is 23.8 Å². The fourth-order valence-electron chi connectivity index (χ4n) is 4.37. The Bertz CT molecular complexity index is 543. The lowest BCUT2D eigenvalue weighted by Crippen LogP contribution is -2.52. The van der Waals surface area contributed by atoms with Crippen LogP contribution in [0.1, 0.15) is 32.6 Å². The van der Waals surface area contributed by atoms with E-state index in [-0.39, 0.29) is 30.3 Å². The molecule has 2 aliphatic carbocycles. The Morgan fingerprint density at radius 2 is 1.87 bits per heavy atom. The van der Waals surface area contributed by atoms with E-state index in [4.69, 9.17) is 4.74 Å². The topological polar surface area (TPSA) is 83.9 Å². The summed E-state index contributed by atoms with van der Waals surface area (Å²) in [6.07, 6.45) is 6.94. The molecule has 3 rings (SSSR count). The van der Waals surface area contributed by atoms with Crippen molar-refractivity contribution in [1.29, 1.82) is 0 Å². The smallest absolute Gasteiger partial charge is 0.328 e. The third-order valence-corrected chi connectivity index (χ3v) is 5.37. The second kappa shape index (κ2) is 6.34. The third-order valence-electron chi connectivity index (χ3n) is 5.37. The molecule has 0 aromatic heterocycles. The van der Waals surface area contributed by atoms with Crippen LogP contribution in [0.25, 0.3) is 0 Å². The zero-order chi connectivity index (χ0) is 16.6. The highest BCUT2D eigenvalue weighted by molar-refractivity contribution is 5.90. The summed E-state index contributed by atoms with van der Waals surface area (Å²) in [6, 6.07) is -0.561. The zero-order valence-corrected chi connectivity index (χ0v) is 13.3. The molecule has 2 fully saturated rings. The largest absolute Gasteiger partial charge is 0.481 e. The minimum Gasteiger partial charge on any atom is -0.481 e. The van der Waals surface area contributed by atoms with Crippen molar-refractivity contribution in [3.8, 4) is 0 Å². The van der Waals surface area contributed by atoms with Crippen LogP contribution < -0.4 is 0 Å². The number of aliphatic carboxylic acids is 1. The first kappa shape index (κ1) is 16.0. The molecule has 6 nitrogen and oxygen atoms in total. The lowest BCUT2D eigenvalue weighted by Gasteiger charge is -2.37. The minimum absolute atomic E-state index is 0.0154. The number of carbonyl (C=O) groups excluding carboxylic acids is 2. The summed E-state index contributed by atoms with van der Waals surface area (Å²) in [7, 11) is 0. The Labute approximate surface area is 135 Å². The highest BCUT2D eigenvalue weighted by atomic mass is 16.5. The molecule has 5 unspecified atom stereocenters. The van der Waals surface area contributed by atoms with Gasteiger partial charge in [-0.2, -0.15) is 0 Å². The molecule has 6 heteroatoms. The van der Waals surface area contributed by atoms with E-state index in [1.54, 1.807) is 11.8 Å². The SMILES string of the molecule is CCOC(=O)C1CCCCN1C(=O)C1C2C=CC(C2)C1C(=O)O. The third kappa shape index (κ3) is 2.75. The number of fused-ring (bicyclic) bond motifs is 2. The average molecular weight is 321 g/mol. The number of ether oxygens (including phenoxy) is 1. The van der Waals surface area contributed by atoms with E-state index in [1.807, 2.05) is 12.2 Å². The molecule has 3 aliphatic rings. The number of hydrogen-bond donors (Lipinski definition) is 1. The number of nitrogens with zero attached hydrogens (tertiary/aromatic N) is 1. The number of piperidine rings is 1. The maximum absolute atomic E-state index is 13.0.